The zero-order chi connectivity index (χ0) is 24.5. The summed E-state index contributed by atoms with van der Waals surface area (Å²) in [5.74, 6) is -1.33. The van der Waals surface area contributed by atoms with Gasteiger partial charge in [0.1, 0.15) is 12.6 Å². The summed E-state index contributed by atoms with van der Waals surface area (Å²) < 4.78 is 5.63. The van der Waals surface area contributed by atoms with Crippen molar-refractivity contribution in [2.75, 3.05) is 19.7 Å². The van der Waals surface area contributed by atoms with Crippen LogP contribution in [-0.4, -0.2) is 53.7 Å². The van der Waals surface area contributed by atoms with Crippen molar-refractivity contribution in [3.63, 3.8) is 0 Å². The molecular formula is C28H32N2O5. The van der Waals surface area contributed by atoms with Crippen molar-refractivity contribution in [2.45, 2.75) is 44.6 Å². The van der Waals surface area contributed by atoms with E-state index in [1.807, 2.05) is 31.2 Å². The molecule has 0 spiro atoms. The number of likely N-dealkylation sites (tertiary alicyclic amines) is 1. The molecule has 5 rings (SSSR count). The van der Waals surface area contributed by atoms with E-state index >= 15 is 0 Å². The lowest BCUT2D eigenvalue weighted by Gasteiger charge is -2.29. The smallest absolute Gasteiger partial charge is 0.407 e. The second-order valence-corrected chi connectivity index (χ2v) is 10.1. The van der Waals surface area contributed by atoms with Crippen molar-refractivity contribution in [3.05, 3.63) is 59.7 Å². The molecule has 7 heteroatoms. The predicted octanol–water partition coefficient (Wildman–Crippen LogP) is 4.26. The molecule has 7 nitrogen and oxygen atoms in total. The van der Waals surface area contributed by atoms with Crippen molar-refractivity contribution in [3.8, 4) is 11.1 Å². The van der Waals surface area contributed by atoms with E-state index in [4.69, 9.17) is 4.74 Å². The number of carboxylic acids is 1. The SMILES string of the molecule is CC1CCN(C(=O)[C@@H]2CCC[C@@H]2CNC(=O)OCC2c3ccccc3-c3ccccc32)C1C(=O)O. The van der Waals surface area contributed by atoms with Crippen LogP contribution in [0.15, 0.2) is 48.5 Å². The van der Waals surface area contributed by atoms with E-state index in [-0.39, 0.29) is 36.2 Å². The van der Waals surface area contributed by atoms with Crippen molar-refractivity contribution < 1.29 is 24.2 Å². The van der Waals surface area contributed by atoms with E-state index in [1.54, 1.807) is 4.90 Å². The van der Waals surface area contributed by atoms with Crippen LogP contribution in [0.2, 0.25) is 0 Å². The van der Waals surface area contributed by atoms with Crippen LogP contribution in [0.5, 0.6) is 0 Å². The first-order valence-corrected chi connectivity index (χ1v) is 12.6. The van der Waals surface area contributed by atoms with Gasteiger partial charge in [0.25, 0.3) is 0 Å². The van der Waals surface area contributed by atoms with Gasteiger partial charge in [0, 0.05) is 24.9 Å². The van der Waals surface area contributed by atoms with Gasteiger partial charge >= 0.3 is 12.1 Å². The molecule has 2 aromatic carbocycles. The minimum Gasteiger partial charge on any atom is -0.480 e. The lowest BCUT2D eigenvalue weighted by molar-refractivity contribution is -0.151. The number of benzene rings is 2. The summed E-state index contributed by atoms with van der Waals surface area (Å²) in [7, 11) is 0. The molecule has 4 atom stereocenters. The molecule has 0 bridgehead atoms. The molecule has 0 aromatic heterocycles. The van der Waals surface area contributed by atoms with Crippen LogP contribution in [-0.2, 0) is 14.3 Å². The maximum Gasteiger partial charge on any atom is 0.407 e. The summed E-state index contributed by atoms with van der Waals surface area (Å²) in [4.78, 5) is 39.1. The molecule has 1 saturated carbocycles. The summed E-state index contributed by atoms with van der Waals surface area (Å²) >= 11 is 0. The first-order chi connectivity index (χ1) is 17.0. The number of carbonyl (C=O) groups is 3. The third kappa shape index (κ3) is 4.40. The third-order valence-electron chi connectivity index (χ3n) is 8.06. The van der Waals surface area contributed by atoms with E-state index in [9.17, 15) is 19.5 Å². The summed E-state index contributed by atoms with van der Waals surface area (Å²) in [5, 5.41) is 12.5. The molecule has 2 N–H and O–H groups in total. The number of amides is 2. The van der Waals surface area contributed by atoms with Gasteiger partial charge < -0.3 is 20.1 Å². The van der Waals surface area contributed by atoms with Crippen LogP contribution in [0.1, 0.15) is 49.7 Å². The average molecular weight is 477 g/mol. The molecule has 2 fully saturated rings. The highest BCUT2D eigenvalue weighted by Crippen LogP contribution is 2.44. The van der Waals surface area contributed by atoms with Gasteiger partial charge in [0.2, 0.25) is 5.91 Å². The van der Waals surface area contributed by atoms with Gasteiger partial charge in [-0.1, -0.05) is 61.9 Å². The zero-order valence-electron chi connectivity index (χ0n) is 20.0. The topological polar surface area (TPSA) is 95.9 Å². The molecule has 184 valence electrons. The van der Waals surface area contributed by atoms with Crippen LogP contribution in [0.4, 0.5) is 4.79 Å². The molecule has 0 radical (unpaired) electrons. The fourth-order valence-electron chi connectivity index (χ4n) is 6.25. The van der Waals surface area contributed by atoms with Crippen LogP contribution >= 0.6 is 0 Å². The number of nitrogens with zero attached hydrogens (tertiary/aromatic N) is 1. The largest absolute Gasteiger partial charge is 0.480 e. The number of rotatable bonds is 6. The van der Waals surface area contributed by atoms with Gasteiger partial charge in [-0.15, -0.1) is 0 Å². The molecule has 2 aliphatic carbocycles. The Morgan fingerprint density at radius 2 is 1.66 bits per heavy atom. The quantitative estimate of drug-likeness (QED) is 0.649. The second-order valence-electron chi connectivity index (χ2n) is 10.1. The second kappa shape index (κ2) is 9.72. The van der Waals surface area contributed by atoms with Crippen molar-refractivity contribution in [1.82, 2.24) is 10.2 Å². The van der Waals surface area contributed by atoms with Crippen LogP contribution in [0.3, 0.4) is 0 Å². The first-order valence-electron chi connectivity index (χ1n) is 12.6. The summed E-state index contributed by atoms with van der Waals surface area (Å²) in [5.41, 5.74) is 4.69. The molecule has 1 aliphatic heterocycles. The Morgan fingerprint density at radius 3 is 2.31 bits per heavy atom. The monoisotopic (exact) mass is 476 g/mol. The van der Waals surface area contributed by atoms with Gasteiger partial charge in [-0.3, -0.25) is 4.79 Å². The van der Waals surface area contributed by atoms with Crippen LogP contribution in [0, 0.1) is 17.8 Å². The van der Waals surface area contributed by atoms with E-state index in [0.717, 1.165) is 30.4 Å². The number of fused-ring (bicyclic) bond motifs is 3. The van der Waals surface area contributed by atoms with Crippen LogP contribution < -0.4 is 5.32 Å². The molecule has 3 aliphatic rings. The highest BCUT2D eigenvalue weighted by Gasteiger charge is 2.44. The van der Waals surface area contributed by atoms with Gasteiger partial charge in [-0.2, -0.15) is 0 Å². The molecule has 1 heterocycles. The van der Waals surface area contributed by atoms with Gasteiger partial charge in [-0.25, -0.2) is 9.59 Å². The third-order valence-corrected chi connectivity index (χ3v) is 8.06. The minimum atomic E-state index is -0.936. The lowest BCUT2D eigenvalue weighted by atomic mass is 9.93. The van der Waals surface area contributed by atoms with Crippen molar-refractivity contribution in [2.24, 2.45) is 17.8 Å². The first kappa shape index (κ1) is 23.4. The molecule has 35 heavy (non-hydrogen) atoms. The molecular weight excluding hydrogens is 444 g/mol. The molecule has 2 aromatic rings. The Labute approximate surface area is 205 Å². The van der Waals surface area contributed by atoms with E-state index < -0.39 is 18.1 Å². The number of aliphatic carboxylic acids is 1. The Hall–Kier alpha value is -3.35. The average Bonchev–Trinajstić information content (AvgIpc) is 3.57. The zero-order valence-corrected chi connectivity index (χ0v) is 20.0. The molecule has 1 saturated heterocycles. The molecule has 2 unspecified atom stereocenters. The fourth-order valence-corrected chi connectivity index (χ4v) is 6.25. The number of alkyl carbamates (subject to hydrolysis) is 1. The predicted molar refractivity (Wildman–Crippen MR) is 131 cm³/mol. The number of nitrogens with one attached hydrogen (secondary N) is 1. The minimum absolute atomic E-state index is 0.000866. The summed E-state index contributed by atoms with van der Waals surface area (Å²) in [6.45, 7) is 2.98. The number of carbonyl (C=O) groups excluding carboxylic acids is 2. The number of carboxylic acid groups (broad SMARTS) is 1. The lowest BCUT2D eigenvalue weighted by Crippen LogP contribution is -2.47. The summed E-state index contributed by atoms with van der Waals surface area (Å²) in [6.07, 6.45) is 2.68. The molecule has 2 amide bonds. The van der Waals surface area contributed by atoms with Gasteiger partial charge in [0.15, 0.2) is 0 Å². The highest BCUT2D eigenvalue weighted by atomic mass is 16.5. The van der Waals surface area contributed by atoms with Gasteiger partial charge in [0.05, 0.1) is 0 Å². The number of hydrogen-bond acceptors (Lipinski definition) is 4. The van der Waals surface area contributed by atoms with E-state index in [1.165, 1.54) is 11.1 Å². The van der Waals surface area contributed by atoms with Gasteiger partial charge in [-0.05, 0) is 53.4 Å². The Balaban J connectivity index is 1.17. The fraction of sp³-hybridized carbons (Fsp3) is 0.464. The maximum atomic E-state index is 13.2. The Bertz CT molecular complexity index is 1090. The standard InChI is InChI=1S/C28H32N2O5/c1-17-13-14-30(25(17)27(32)33)26(31)19-12-6-7-18(19)15-29-28(34)35-16-24-22-10-4-2-8-20(22)21-9-3-5-11-23(21)24/h2-5,8-11,17-19,24-25H,6-7,12-16H2,1H3,(H,29,34)(H,32,33)/t17?,18-,19-,25?/m1/s1. The van der Waals surface area contributed by atoms with Crippen molar-refractivity contribution in [1.29, 1.82) is 0 Å². The Morgan fingerprint density at radius 1 is 1.00 bits per heavy atom. The highest BCUT2D eigenvalue weighted by molar-refractivity contribution is 5.86. The van der Waals surface area contributed by atoms with Crippen molar-refractivity contribution >= 4 is 18.0 Å². The van der Waals surface area contributed by atoms with E-state index in [0.29, 0.717) is 19.5 Å². The van der Waals surface area contributed by atoms with E-state index in [2.05, 4.69) is 29.6 Å². The maximum absolute atomic E-state index is 13.2. The number of hydrogen-bond donors (Lipinski definition) is 2. The number of ether oxygens (including phenoxy) is 1. The van der Waals surface area contributed by atoms with Crippen LogP contribution in [0.25, 0.3) is 11.1 Å². The normalized spacial score (nSPS) is 25.2. The summed E-state index contributed by atoms with van der Waals surface area (Å²) in [6, 6.07) is 15.7. The Kier molecular flexibility index (Phi) is 6.50.